The van der Waals surface area contributed by atoms with E-state index in [4.69, 9.17) is 39.4 Å². The van der Waals surface area contributed by atoms with Crippen molar-refractivity contribution in [1.29, 1.82) is 0 Å². The lowest BCUT2D eigenvalue weighted by Crippen LogP contribution is -2.19. The topological polar surface area (TPSA) is 115 Å². The van der Waals surface area contributed by atoms with Gasteiger partial charge in [0.25, 0.3) is 0 Å². The van der Waals surface area contributed by atoms with Crippen LogP contribution in [0, 0.1) is 0 Å². The molecule has 0 atom stereocenters. The van der Waals surface area contributed by atoms with Crippen molar-refractivity contribution in [3.05, 3.63) is 399 Å². The van der Waals surface area contributed by atoms with Crippen molar-refractivity contribution >= 4 is 127 Å². The molecule has 6 aliphatic rings. The summed E-state index contributed by atoms with van der Waals surface area (Å²) in [6, 6.07) is 120. The maximum Gasteiger partial charge on any atom is 0.152 e. The summed E-state index contributed by atoms with van der Waals surface area (Å²) in [4.78, 5) is 48.6. The first-order valence-electron chi connectivity index (χ1n) is 40.0. The highest BCUT2D eigenvalue weighted by molar-refractivity contribution is 8.00. The molecule has 0 bridgehead atoms. The molecule has 0 saturated carbocycles. The molecule has 18 aromatic rings. The SMILES string of the molecule is c1ccc2c(c1)Cc1ccccc1N2c1cc(-c2ccnc(N3c4ccccc4Cc4cc(-c5ccc6c(c5)Sc5ccccc5N6c5cc(-c6ccnc(N7c8ccccc8Sc8cc(-c9ccc%10c(c9)Oc9ccccc9N%10c9cc(-c%10ccnc(N%11c%12ccccc%12Oc%12ccccc%12%11)c%10)ccn9)ccc87)c6)ccn5)ccc43)c2)ccn1. The maximum absolute atomic E-state index is 6.86. The summed E-state index contributed by atoms with van der Waals surface area (Å²) in [5.74, 6) is 7.85. The van der Waals surface area contributed by atoms with Crippen LogP contribution in [0.2, 0.25) is 0 Å². The van der Waals surface area contributed by atoms with Crippen LogP contribution in [0.4, 0.5) is 103 Å². The molecule has 0 fully saturated rings. The first-order chi connectivity index (χ1) is 59.4. The smallest absolute Gasteiger partial charge is 0.152 e. The van der Waals surface area contributed by atoms with Crippen LogP contribution in [0.3, 0.4) is 0 Å². The monoisotopic (exact) mass is 1580 g/mol. The summed E-state index contributed by atoms with van der Waals surface area (Å²) >= 11 is 3.57. The van der Waals surface area contributed by atoms with Crippen molar-refractivity contribution in [1.82, 2.24) is 29.9 Å². The highest BCUT2D eigenvalue weighted by atomic mass is 32.2. The minimum absolute atomic E-state index is 0.719. The molecule has 24 rings (SSSR count). The molecule has 120 heavy (non-hydrogen) atoms. The average molecular weight is 1580 g/mol. The van der Waals surface area contributed by atoms with Gasteiger partial charge in [-0.25, -0.2) is 29.9 Å². The normalized spacial score (nSPS) is 13.4. The van der Waals surface area contributed by atoms with Crippen LogP contribution >= 0.6 is 23.5 Å². The van der Waals surface area contributed by atoms with Gasteiger partial charge in [0.1, 0.15) is 34.9 Å². The van der Waals surface area contributed by atoms with Gasteiger partial charge in [0.15, 0.2) is 23.0 Å². The molecule has 6 aromatic heterocycles. The molecule has 566 valence electrons. The van der Waals surface area contributed by atoms with Gasteiger partial charge in [-0.3, -0.25) is 29.4 Å². The molecule has 0 saturated heterocycles. The Hall–Kier alpha value is -15.4. The Labute approximate surface area is 700 Å². The Morgan fingerprint density at radius 3 is 0.808 bits per heavy atom. The fourth-order valence-electron chi connectivity index (χ4n) is 17.7. The number of para-hydroxylation sites is 11. The van der Waals surface area contributed by atoms with Crippen LogP contribution in [0.1, 0.15) is 22.3 Å². The molecular weight excluding hydrogens is 1510 g/mol. The predicted molar refractivity (Wildman–Crippen MR) is 482 cm³/mol. The highest BCUT2D eigenvalue weighted by Gasteiger charge is 2.35. The van der Waals surface area contributed by atoms with Crippen molar-refractivity contribution < 1.29 is 9.47 Å². The lowest BCUT2D eigenvalue weighted by Gasteiger charge is -2.34. The lowest BCUT2D eigenvalue weighted by atomic mass is 9.92. The molecule has 0 unspecified atom stereocenters. The molecule has 16 heteroatoms. The molecule has 0 spiro atoms. The van der Waals surface area contributed by atoms with Crippen LogP contribution in [-0.2, 0) is 12.8 Å². The number of aromatic nitrogens is 6. The third-order valence-electron chi connectivity index (χ3n) is 23.3. The van der Waals surface area contributed by atoms with Gasteiger partial charge in [0.2, 0.25) is 0 Å². The number of nitrogens with zero attached hydrogens (tertiary/aromatic N) is 12. The number of anilines is 18. The second-order valence-corrected chi connectivity index (χ2v) is 32.5. The van der Waals surface area contributed by atoms with E-state index in [0.29, 0.717) is 0 Å². The maximum atomic E-state index is 6.86. The van der Waals surface area contributed by atoms with Gasteiger partial charge < -0.3 is 9.47 Å². The predicted octanol–water partition coefficient (Wildman–Crippen LogP) is 28.2. The fraction of sp³-hybridized carbons (Fsp3) is 0.0192. The van der Waals surface area contributed by atoms with Crippen molar-refractivity contribution in [2.75, 3.05) is 29.4 Å². The quantitative estimate of drug-likeness (QED) is 0.122. The van der Waals surface area contributed by atoms with Gasteiger partial charge >= 0.3 is 0 Å². The Morgan fingerprint density at radius 1 is 0.183 bits per heavy atom. The number of hydrogen-bond acceptors (Lipinski definition) is 16. The van der Waals surface area contributed by atoms with Crippen LogP contribution < -0.4 is 38.9 Å². The Morgan fingerprint density at radius 2 is 0.425 bits per heavy atom. The summed E-state index contributed by atoms with van der Waals surface area (Å²) in [6.45, 7) is 0. The summed E-state index contributed by atoms with van der Waals surface area (Å²) < 4.78 is 13.2. The van der Waals surface area contributed by atoms with E-state index < -0.39 is 0 Å². The molecule has 0 N–H and O–H groups in total. The summed E-state index contributed by atoms with van der Waals surface area (Å²) in [5.41, 5.74) is 27.9. The molecule has 0 radical (unpaired) electrons. The van der Waals surface area contributed by atoms with Gasteiger partial charge in [0.05, 0.1) is 68.2 Å². The van der Waals surface area contributed by atoms with Crippen molar-refractivity contribution in [3.8, 4) is 78.6 Å². The molecule has 14 nitrogen and oxygen atoms in total. The number of benzene rings is 12. The summed E-state index contributed by atoms with van der Waals surface area (Å²) in [7, 11) is 0. The minimum Gasteiger partial charge on any atom is -0.453 e. The summed E-state index contributed by atoms with van der Waals surface area (Å²) in [6.07, 6.45) is 13.1. The second kappa shape index (κ2) is 28.2. The fourth-order valence-corrected chi connectivity index (χ4v) is 19.9. The number of hydrogen-bond donors (Lipinski definition) is 0. The zero-order valence-corrected chi connectivity index (χ0v) is 65.8. The summed E-state index contributed by atoms with van der Waals surface area (Å²) in [5, 5.41) is 0. The Bertz CT molecular complexity index is 6740. The molecule has 12 aromatic carbocycles. The largest absolute Gasteiger partial charge is 0.453 e. The Kier molecular flexibility index (Phi) is 16.2. The number of pyridine rings is 6. The van der Waals surface area contributed by atoms with E-state index in [1.807, 2.05) is 97.8 Å². The van der Waals surface area contributed by atoms with Gasteiger partial charge in [-0.1, -0.05) is 163 Å². The van der Waals surface area contributed by atoms with E-state index in [1.165, 1.54) is 22.3 Å². The van der Waals surface area contributed by atoms with Crippen LogP contribution in [0.5, 0.6) is 23.0 Å². The van der Waals surface area contributed by atoms with E-state index in [-0.39, 0.29) is 0 Å². The zero-order valence-electron chi connectivity index (χ0n) is 64.2. The first kappa shape index (κ1) is 69.0. The molecule has 0 amide bonds. The number of rotatable bonds is 11. The second-order valence-electron chi connectivity index (χ2n) is 30.3. The molecule has 12 heterocycles. The van der Waals surface area contributed by atoms with Crippen molar-refractivity contribution in [2.45, 2.75) is 32.4 Å². The standard InChI is InChI=1S/C104H66N12O2S2/c1-4-20-79-75(17-1)54-76-18-2-5-21-80(76)111(79)99-59-69(41-47-105-99)70-42-48-106-100(60-70)112-81-22-6-3-19-77(81)55-78-53-65(33-37-82(78)112)67-35-39-89-97(57-67)119-95-31-15-10-26-87(95)115(89)103-63-73(45-51-109-103)74-46-52-110-104(64-74)116-88-27-11-16-32-96(88)120-98-58-68(36-40-90(98)116)66-34-38-86-94(56-66)118-93-30-14-9-25-85(93)114(86)102-62-72(44-50-108-102)71-43-49-107-101(61-71)113-83-23-7-12-28-91(83)117-92-29-13-8-24-84(92)113/h1-53,56-64H,54-55H2. The van der Waals surface area contributed by atoms with Crippen molar-refractivity contribution in [2.24, 2.45) is 0 Å². The van der Waals surface area contributed by atoms with Gasteiger partial charge in [-0.15, -0.1) is 0 Å². The average Bonchev–Trinajstić information content (AvgIpc) is 0.835. The van der Waals surface area contributed by atoms with Crippen LogP contribution in [0.25, 0.3) is 55.6 Å². The number of fused-ring (bicyclic) bond motifs is 12. The van der Waals surface area contributed by atoms with E-state index in [9.17, 15) is 0 Å². The van der Waals surface area contributed by atoms with E-state index in [2.05, 4.69) is 308 Å². The molecule has 6 aliphatic heterocycles. The third-order valence-corrected chi connectivity index (χ3v) is 25.5. The van der Waals surface area contributed by atoms with Crippen molar-refractivity contribution in [3.63, 3.8) is 0 Å². The van der Waals surface area contributed by atoms with E-state index >= 15 is 0 Å². The highest BCUT2D eigenvalue weighted by Crippen LogP contribution is 2.58. The van der Waals surface area contributed by atoms with E-state index in [1.54, 1.807) is 23.5 Å². The van der Waals surface area contributed by atoms with Gasteiger partial charge in [-0.2, -0.15) is 0 Å². The van der Waals surface area contributed by atoms with Gasteiger partial charge in [-0.05, 0) is 278 Å². The number of ether oxygens (including phenoxy) is 2. The lowest BCUT2D eigenvalue weighted by molar-refractivity contribution is 0.476. The van der Waals surface area contributed by atoms with E-state index in [0.717, 1.165) is 214 Å². The van der Waals surface area contributed by atoms with Crippen LogP contribution in [0.15, 0.2) is 396 Å². The first-order valence-corrected chi connectivity index (χ1v) is 41.6. The van der Waals surface area contributed by atoms with Crippen LogP contribution in [-0.4, -0.2) is 29.9 Å². The molecule has 0 aliphatic carbocycles. The third kappa shape index (κ3) is 11.7. The Balaban J connectivity index is 0.516. The molecular formula is C104H66N12O2S2. The zero-order chi connectivity index (χ0) is 78.9. The van der Waals surface area contributed by atoms with Gasteiger partial charge in [0, 0.05) is 69.6 Å². The minimum atomic E-state index is 0.719.